The number of carbonyl (C=O) groups is 1. The fourth-order valence-corrected chi connectivity index (χ4v) is 1.78. The van der Waals surface area contributed by atoms with Crippen LogP contribution in [-0.4, -0.2) is 26.0 Å². The SMILES string of the molecule is COc1ccc(C(C)NC(=O)CCCl)cc1OC. The van der Waals surface area contributed by atoms with Gasteiger partial charge in [-0.15, -0.1) is 11.6 Å². The lowest BCUT2D eigenvalue weighted by Gasteiger charge is -2.16. The standard InChI is InChI=1S/C13H18ClNO3/c1-9(15-13(16)6-7-14)10-4-5-11(17-2)12(8-10)18-3/h4-5,8-9H,6-7H2,1-3H3,(H,15,16). The minimum Gasteiger partial charge on any atom is -0.493 e. The van der Waals surface area contributed by atoms with E-state index in [1.54, 1.807) is 14.2 Å². The lowest BCUT2D eigenvalue weighted by Crippen LogP contribution is -2.26. The number of benzene rings is 1. The van der Waals surface area contributed by atoms with Crippen molar-refractivity contribution >= 4 is 17.5 Å². The molecule has 1 atom stereocenters. The summed E-state index contributed by atoms with van der Waals surface area (Å²) in [5, 5.41) is 2.87. The number of nitrogens with one attached hydrogen (secondary N) is 1. The molecule has 1 amide bonds. The molecule has 0 bridgehead atoms. The van der Waals surface area contributed by atoms with Crippen molar-refractivity contribution in [3.63, 3.8) is 0 Å². The van der Waals surface area contributed by atoms with Crippen molar-refractivity contribution in [1.29, 1.82) is 0 Å². The van der Waals surface area contributed by atoms with Crippen LogP contribution in [0, 0.1) is 0 Å². The van der Waals surface area contributed by atoms with Crippen LogP contribution in [0.4, 0.5) is 0 Å². The van der Waals surface area contributed by atoms with E-state index < -0.39 is 0 Å². The molecule has 1 aromatic carbocycles. The molecule has 0 aliphatic heterocycles. The molecule has 0 saturated carbocycles. The van der Waals surface area contributed by atoms with Gasteiger partial charge in [0.05, 0.1) is 20.3 Å². The maximum atomic E-state index is 11.5. The zero-order valence-electron chi connectivity index (χ0n) is 10.8. The fraction of sp³-hybridized carbons (Fsp3) is 0.462. The predicted octanol–water partition coefficient (Wildman–Crippen LogP) is 2.51. The average molecular weight is 272 g/mol. The van der Waals surface area contributed by atoms with Crippen LogP contribution in [0.3, 0.4) is 0 Å². The normalized spacial score (nSPS) is 11.8. The van der Waals surface area contributed by atoms with Crippen LogP contribution < -0.4 is 14.8 Å². The summed E-state index contributed by atoms with van der Waals surface area (Å²) in [6, 6.07) is 5.47. The lowest BCUT2D eigenvalue weighted by atomic mass is 10.1. The smallest absolute Gasteiger partial charge is 0.221 e. The summed E-state index contributed by atoms with van der Waals surface area (Å²) in [6.07, 6.45) is 0.319. The van der Waals surface area contributed by atoms with Gasteiger partial charge in [-0.25, -0.2) is 0 Å². The highest BCUT2D eigenvalue weighted by Crippen LogP contribution is 2.29. The number of amides is 1. The van der Waals surface area contributed by atoms with Crippen LogP contribution in [0.2, 0.25) is 0 Å². The Morgan fingerprint density at radius 2 is 2.00 bits per heavy atom. The first-order valence-corrected chi connectivity index (χ1v) is 6.23. The van der Waals surface area contributed by atoms with Crippen molar-refractivity contribution in [2.45, 2.75) is 19.4 Å². The van der Waals surface area contributed by atoms with Crippen LogP contribution in [0.25, 0.3) is 0 Å². The van der Waals surface area contributed by atoms with Gasteiger partial charge in [0.15, 0.2) is 11.5 Å². The molecule has 5 heteroatoms. The molecule has 4 nitrogen and oxygen atoms in total. The van der Waals surface area contributed by atoms with Crippen molar-refractivity contribution in [3.8, 4) is 11.5 Å². The first-order valence-electron chi connectivity index (χ1n) is 5.69. The second kappa shape index (κ2) is 7.11. The molecule has 1 unspecified atom stereocenters. The summed E-state index contributed by atoms with van der Waals surface area (Å²) >= 11 is 5.52. The molecule has 1 aromatic rings. The van der Waals surface area contributed by atoms with Crippen LogP contribution in [0.5, 0.6) is 11.5 Å². The molecular weight excluding hydrogens is 254 g/mol. The average Bonchev–Trinajstić information content (AvgIpc) is 2.38. The Balaban J connectivity index is 2.79. The summed E-state index contributed by atoms with van der Waals surface area (Å²) in [5.74, 6) is 1.58. The maximum Gasteiger partial charge on any atom is 0.221 e. The maximum absolute atomic E-state index is 11.5. The summed E-state index contributed by atoms with van der Waals surface area (Å²) in [6.45, 7) is 1.91. The van der Waals surface area contributed by atoms with Crippen molar-refractivity contribution in [2.75, 3.05) is 20.1 Å². The fourth-order valence-electron chi connectivity index (χ4n) is 1.60. The third-order valence-electron chi connectivity index (χ3n) is 2.61. The minimum absolute atomic E-state index is 0.0627. The van der Waals surface area contributed by atoms with Gasteiger partial charge in [0.2, 0.25) is 5.91 Å². The molecule has 1 N–H and O–H groups in total. The highest BCUT2D eigenvalue weighted by atomic mass is 35.5. The Hall–Kier alpha value is -1.42. The number of hydrogen-bond acceptors (Lipinski definition) is 3. The number of hydrogen-bond donors (Lipinski definition) is 1. The molecule has 0 heterocycles. The predicted molar refractivity (Wildman–Crippen MR) is 71.4 cm³/mol. The van der Waals surface area contributed by atoms with E-state index in [4.69, 9.17) is 21.1 Å². The summed E-state index contributed by atoms with van der Waals surface area (Å²) in [4.78, 5) is 11.5. The summed E-state index contributed by atoms with van der Waals surface area (Å²) < 4.78 is 10.4. The van der Waals surface area contributed by atoms with Crippen LogP contribution in [0.15, 0.2) is 18.2 Å². The molecule has 1 rings (SSSR count). The quantitative estimate of drug-likeness (QED) is 0.809. The zero-order valence-corrected chi connectivity index (χ0v) is 11.6. The first kappa shape index (κ1) is 14.6. The molecule has 0 aliphatic rings. The van der Waals surface area contributed by atoms with E-state index in [0.717, 1.165) is 5.56 Å². The number of ether oxygens (including phenoxy) is 2. The lowest BCUT2D eigenvalue weighted by molar-refractivity contribution is -0.121. The first-order chi connectivity index (χ1) is 8.62. The van der Waals surface area contributed by atoms with E-state index in [-0.39, 0.29) is 11.9 Å². The molecular formula is C13H18ClNO3. The molecule has 0 spiro atoms. The molecule has 0 saturated heterocycles. The van der Waals surface area contributed by atoms with E-state index in [1.165, 1.54) is 0 Å². The second-order valence-corrected chi connectivity index (χ2v) is 4.22. The van der Waals surface area contributed by atoms with E-state index >= 15 is 0 Å². The number of halogens is 1. The Morgan fingerprint density at radius 1 is 1.33 bits per heavy atom. The topological polar surface area (TPSA) is 47.6 Å². The van der Waals surface area contributed by atoms with Gasteiger partial charge < -0.3 is 14.8 Å². The van der Waals surface area contributed by atoms with Gasteiger partial charge in [-0.05, 0) is 24.6 Å². The Morgan fingerprint density at radius 3 is 2.56 bits per heavy atom. The van der Waals surface area contributed by atoms with E-state index in [1.807, 2.05) is 25.1 Å². The third-order valence-corrected chi connectivity index (χ3v) is 2.80. The number of carbonyl (C=O) groups excluding carboxylic acids is 1. The van der Waals surface area contributed by atoms with Crippen molar-refractivity contribution in [1.82, 2.24) is 5.32 Å². The molecule has 0 aliphatic carbocycles. The highest BCUT2D eigenvalue weighted by Gasteiger charge is 2.12. The van der Waals surface area contributed by atoms with Gasteiger partial charge >= 0.3 is 0 Å². The van der Waals surface area contributed by atoms with Gasteiger partial charge in [0.1, 0.15) is 0 Å². The van der Waals surface area contributed by atoms with E-state index in [2.05, 4.69) is 5.32 Å². The second-order valence-electron chi connectivity index (χ2n) is 3.84. The zero-order chi connectivity index (χ0) is 13.5. The molecule has 100 valence electrons. The van der Waals surface area contributed by atoms with Gasteiger partial charge in [0.25, 0.3) is 0 Å². The monoisotopic (exact) mass is 271 g/mol. The van der Waals surface area contributed by atoms with Crippen molar-refractivity contribution in [2.24, 2.45) is 0 Å². The number of alkyl halides is 1. The Labute approximate surface area is 112 Å². The van der Waals surface area contributed by atoms with Gasteiger partial charge in [-0.3, -0.25) is 4.79 Å². The largest absolute Gasteiger partial charge is 0.493 e. The summed E-state index contributed by atoms with van der Waals surface area (Å²) in [7, 11) is 3.17. The van der Waals surface area contributed by atoms with Gasteiger partial charge in [0, 0.05) is 12.3 Å². The van der Waals surface area contributed by atoms with Crippen molar-refractivity contribution < 1.29 is 14.3 Å². The number of methoxy groups -OCH3 is 2. The van der Waals surface area contributed by atoms with Gasteiger partial charge in [-0.2, -0.15) is 0 Å². The minimum atomic E-state index is -0.0967. The highest BCUT2D eigenvalue weighted by molar-refractivity contribution is 6.18. The Kier molecular flexibility index (Phi) is 5.78. The molecule has 0 radical (unpaired) electrons. The number of rotatable bonds is 6. The molecule has 18 heavy (non-hydrogen) atoms. The van der Waals surface area contributed by atoms with Crippen molar-refractivity contribution in [3.05, 3.63) is 23.8 Å². The Bertz CT molecular complexity index is 409. The van der Waals surface area contributed by atoms with Crippen LogP contribution in [-0.2, 0) is 4.79 Å². The molecule has 0 aromatic heterocycles. The molecule has 0 fully saturated rings. The van der Waals surface area contributed by atoms with Crippen LogP contribution >= 0.6 is 11.6 Å². The van der Waals surface area contributed by atoms with E-state index in [9.17, 15) is 4.79 Å². The van der Waals surface area contributed by atoms with Crippen LogP contribution in [0.1, 0.15) is 24.9 Å². The third kappa shape index (κ3) is 3.81. The summed E-state index contributed by atoms with van der Waals surface area (Å²) in [5.41, 5.74) is 0.954. The van der Waals surface area contributed by atoms with Gasteiger partial charge in [-0.1, -0.05) is 6.07 Å². The van der Waals surface area contributed by atoms with E-state index in [0.29, 0.717) is 23.8 Å².